The van der Waals surface area contributed by atoms with Gasteiger partial charge in [-0.3, -0.25) is 4.79 Å². The van der Waals surface area contributed by atoms with Gasteiger partial charge in [0.2, 0.25) is 0 Å². The Bertz CT molecular complexity index is 1040. The molecule has 28 heavy (non-hydrogen) atoms. The number of aromatic hydroxyl groups is 1. The van der Waals surface area contributed by atoms with E-state index < -0.39 is 0 Å². The average Bonchev–Trinajstić information content (AvgIpc) is 2.67. The lowest BCUT2D eigenvalue weighted by molar-refractivity contribution is 0.475. The number of hydrogen-bond donors (Lipinski definition) is 1. The fraction of sp³-hybridized carbons (Fsp3) is 0.304. The van der Waals surface area contributed by atoms with Crippen molar-refractivity contribution in [3.8, 4) is 16.9 Å². The van der Waals surface area contributed by atoms with Gasteiger partial charge >= 0.3 is 0 Å². The summed E-state index contributed by atoms with van der Waals surface area (Å²) in [7, 11) is 0. The van der Waals surface area contributed by atoms with Crippen LogP contribution in [0.15, 0.2) is 53.3 Å². The van der Waals surface area contributed by atoms with Gasteiger partial charge in [-0.1, -0.05) is 37.3 Å². The molecule has 0 aliphatic heterocycles. The lowest BCUT2D eigenvalue weighted by Gasteiger charge is -2.19. The number of benzene rings is 2. The first kappa shape index (κ1) is 19.8. The van der Waals surface area contributed by atoms with Crippen LogP contribution >= 0.6 is 0 Å². The van der Waals surface area contributed by atoms with E-state index in [1.165, 1.54) is 16.8 Å². The average molecular weight is 380 g/mol. The van der Waals surface area contributed by atoms with E-state index in [4.69, 9.17) is 0 Å². The van der Waals surface area contributed by atoms with Crippen molar-refractivity contribution in [3.05, 3.63) is 81.5 Å². The lowest BCUT2D eigenvalue weighted by atomic mass is 9.93. The van der Waals surface area contributed by atoms with Gasteiger partial charge in [0.1, 0.15) is 11.6 Å². The van der Waals surface area contributed by atoms with E-state index in [9.17, 15) is 14.3 Å². The Morgan fingerprint density at radius 1 is 1.11 bits per heavy atom. The largest absolute Gasteiger partial charge is 0.507 e. The van der Waals surface area contributed by atoms with Crippen molar-refractivity contribution in [2.75, 3.05) is 0 Å². The first-order chi connectivity index (χ1) is 13.4. The van der Waals surface area contributed by atoms with Crippen molar-refractivity contribution < 1.29 is 9.50 Å². The SMILES string of the molecule is CCc1nn(C(C)C)c(=O)c(CCc2cccc(F)c2)c1-c1ccccc1O. The van der Waals surface area contributed by atoms with Crippen molar-refractivity contribution >= 4 is 0 Å². The first-order valence-corrected chi connectivity index (χ1v) is 9.59. The minimum atomic E-state index is -0.290. The zero-order valence-electron chi connectivity index (χ0n) is 16.4. The van der Waals surface area contributed by atoms with Gasteiger partial charge in [-0.25, -0.2) is 9.07 Å². The molecule has 1 N–H and O–H groups in total. The van der Waals surface area contributed by atoms with Crippen LogP contribution < -0.4 is 5.56 Å². The van der Waals surface area contributed by atoms with Crippen molar-refractivity contribution in [1.29, 1.82) is 0 Å². The Balaban J connectivity index is 2.18. The molecular formula is C23H25FN2O2. The van der Waals surface area contributed by atoms with E-state index in [-0.39, 0.29) is 23.2 Å². The van der Waals surface area contributed by atoms with Gasteiger partial charge < -0.3 is 5.11 Å². The zero-order valence-corrected chi connectivity index (χ0v) is 16.4. The number of aryl methyl sites for hydroxylation is 2. The molecule has 4 nitrogen and oxygen atoms in total. The van der Waals surface area contributed by atoms with Crippen molar-refractivity contribution in [1.82, 2.24) is 9.78 Å². The van der Waals surface area contributed by atoms with Crippen LogP contribution in [0, 0.1) is 5.82 Å². The zero-order chi connectivity index (χ0) is 20.3. The number of rotatable bonds is 6. The van der Waals surface area contributed by atoms with Gasteiger partial charge in [0.05, 0.1) is 11.7 Å². The summed E-state index contributed by atoms with van der Waals surface area (Å²) in [6.45, 7) is 5.82. The van der Waals surface area contributed by atoms with Crippen LogP contribution in [0.1, 0.15) is 43.6 Å². The highest BCUT2D eigenvalue weighted by atomic mass is 19.1. The van der Waals surface area contributed by atoms with E-state index in [1.807, 2.05) is 32.9 Å². The summed E-state index contributed by atoms with van der Waals surface area (Å²) in [4.78, 5) is 13.2. The molecule has 0 aliphatic rings. The molecule has 0 radical (unpaired) electrons. The van der Waals surface area contributed by atoms with Gasteiger partial charge in [0.15, 0.2) is 0 Å². The second-order valence-electron chi connectivity index (χ2n) is 7.14. The number of halogens is 1. The molecule has 3 rings (SSSR count). The molecule has 0 atom stereocenters. The number of phenols is 1. The molecule has 2 aromatic carbocycles. The van der Waals surface area contributed by atoms with E-state index in [0.717, 1.165) is 11.3 Å². The summed E-state index contributed by atoms with van der Waals surface area (Å²) in [5, 5.41) is 15.0. The van der Waals surface area contributed by atoms with Gasteiger partial charge in [-0.15, -0.1) is 0 Å². The first-order valence-electron chi connectivity index (χ1n) is 9.59. The molecule has 3 aromatic rings. The Hall–Kier alpha value is -2.95. The molecule has 0 bridgehead atoms. The molecule has 0 saturated carbocycles. The third-order valence-corrected chi connectivity index (χ3v) is 4.84. The van der Waals surface area contributed by atoms with E-state index in [0.29, 0.717) is 36.0 Å². The molecule has 146 valence electrons. The number of nitrogens with zero attached hydrogens (tertiary/aromatic N) is 2. The van der Waals surface area contributed by atoms with Crippen LogP contribution in [-0.4, -0.2) is 14.9 Å². The van der Waals surface area contributed by atoms with Crippen LogP contribution in [-0.2, 0) is 19.3 Å². The predicted octanol–water partition coefficient (Wildman–Crippen LogP) is 4.68. The Labute approximate surface area is 164 Å². The lowest BCUT2D eigenvalue weighted by Crippen LogP contribution is -2.30. The van der Waals surface area contributed by atoms with Gasteiger partial charge in [0, 0.05) is 16.7 Å². The summed E-state index contributed by atoms with van der Waals surface area (Å²) in [6, 6.07) is 13.3. The van der Waals surface area contributed by atoms with Crippen LogP contribution in [0.25, 0.3) is 11.1 Å². The summed E-state index contributed by atoms with van der Waals surface area (Å²) in [5.41, 5.74) is 3.33. The minimum Gasteiger partial charge on any atom is -0.507 e. The fourth-order valence-corrected chi connectivity index (χ4v) is 3.44. The molecule has 1 aromatic heterocycles. The smallest absolute Gasteiger partial charge is 0.270 e. The monoisotopic (exact) mass is 380 g/mol. The molecule has 1 heterocycles. The Kier molecular flexibility index (Phi) is 5.93. The second-order valence-corrected chi connectivity index (χ2v) is 7.14. The normalized spacial score (nSPS) is 11.2. The number of phenolic OH excluding ortho intramolecular Hbond substituents is 1. The van der Waals surface area contributed by atoms with E-state index >= 15 is 0 Å². The molecular weight excluding hydrogens is 355 g/mol. The van der Waals surface area contributed by atoms with Crippen LogP contribution in [0.4, 0.5) is 4.39 Å². The van der Waals surface area contributed by atoms with E-state index in [2.05, 4.69) is 5.10 Å². The third kappa shape index (κ3) is 3.98. The molecule has 0 amide bonds. The maximum Gasteiger partial charge on any atom is 0.270 e. The number of aromatic nitrogens is 2. The summed E-state index contributed by atoms with van der Waals surface area (Å²) < 4.78 is 15.1. The maximum absolute atomic E-state index is 13.5. The van der Waals surface area contributed by atoms with Gasteiger partial charge in [-0.2, -0.15) is 5.10 Å². The minimum absolute atomic E-state index is 0.0795. The van der Waals surface area contributed by atoms with Crippen molar-refractivity contribution in [2.24, 2.45) is 0 Å². The van der Waals surface area contributed by atoms with Crippen LogP contribution in [0.2, 0.25) is 0 Å². The van der Waals surface area contributed by atoms with Crippen LogP contribution in [0.5, 0.6) is 5.75 Å². The Morgan fingerprint density at radius 2 is 1.86 bits per heavy atom. The van der Waals surface area contributed by atoms with Gasteiger partial charge in [-0.05, 0) is 56.9 Å². The highest BCUT2D eigenvalue weighted by Crippen LogP contribution is 2.33. The quantitative estimate of drug-likeness (QED) is 0.675. The Morgan fingerprint density at radius 3 is 2.50 bits per heavy atom. The molecule has 0 aliphatic carbocycles. The van der Waals surface area contributed by atoms with Crippen molar-refractivity contribution in [3.63, 3.8) is 0 Å². The van der Waals surface area contributed by atoms with Gasteiger partial charge in [0.25, 0.3) is 5.56 Å². The maximum atomic E-state index is 13.5. The predicted molar refractivity (Wildman–Crippen MR) is 109 cm³/mol. The fourth-order valence-electron chi connectivity index (χ4n) is 3.44. The highest BCUT2D eigenvalue weighted by Gasteiger charge is 2.21. The van der Waals surface area contributed by atoms with E-state index in [1.54, 1.807) is 24.3 Å². The molecule has 0 fully saturated rings. The number of para-hydroxylation sites is 1. The highest BCUT2D eigenvalue weighted by molar-refractivity contribution is 5.74. The molecule has 5 heteroatoms. The molecule has 0 unspecified atom stereocenters. The summed E-state index contributed by atoms with van der Waals surface area (Å²) >= 11 is 0. The van der Waals surface area contributed by atoms with Crippen LogP contribution in [0.3, 0.4) is 0 Å². The molecule has 0 saturated heterocycles. The third-order valence-electron chi connectivity index (χ3n) is 4.84. The number of hydrogen-bond acceptors (Lipinski definition) is 3. The summed E-state index contributed by atoms with van der Waals surface area (Å²) in [5.74, 6) is -0.172. The standard InChI is InChI=1S/C23H25FN2O2/c1-4-20-22(18-10-5-6-11-21(18)27)19(23(28)26(25-20)15(2)3)13-12-16-8-7-9-17(24)14-16/h5-11,14-15,27H,4,12-13H2,1-3H3. The molecule has 0 spiro atoms. The second kappa shape index (κ2) is 8.38. The van der Waals surface area contributed by atoms with Crippen molar-refractivity contribution in [2.45, 2.75) is 46.1 Å². The topological polar surface area (TPSA) is 55.1 Å². The summed E-state index contributed by atoms with van der Waals surface area (Å²) in [6.07, 6.45) is 1.59.